The topological polar surface area (TPSA) is 69.6 Å². The van der Waals surface area contributed by atoms with E-state index in [1.807, 2.05) is 0 Å². The van der Waals surface area contributed by atoms with Crippen molar-refractivity contribution in [3.63, 3.8) is 0 Å². The molecule has 0 fully saturated rings. The predicted molar refractivity (Wildman–Crippen MR) is 82.6 cm³/mol. The van der Waals surface area contributed by atoms with Crippen LogP contribution < -0.4 is 0 Å². The zero-order valence-corrected chi connectivity index (χ0v) is 14.1. The van der Waals surface area contributed by atoms with E-state index < -0.39 is 0 Å². The number of fused-ring (bicyclic) bond motifs is 1. The van der Waals surface area contributed by atoms with Crippen molar-refractivity contribution in [1.29, 1.82) is 0 Å². The molecule has 1 atom stereocenters. The van der Waals surface area contributed by atoms with Crippen molar-refractivity contribution in [2.45, 2.75) is 71.8 Å². The first-order valence-electron chi connectivity index (χ1n) is 8.11. The van der Waals surface area contributed by atoms with Gasteiger partial charge in [-0.05, 0) is 39.5 Å². The van der Waals surface area contributed by atoms with Crippen LogP contribution in [0.2, 0.25) is 0 Å². The summed E-state index contributed by atoms with van der Waals surface area (Å²) in [6.45, 7) is 10.8. The Kier molecular flexibility index (Phi) is 3.78. The Morgan fingerprint density at radius 2 is 2.09 bits per heavy atom. The van der Waals surface area contributed by atoms with Gasteiger partial charge in [0.1, 0.15) is 0 Å². The van der Waals surface area contributed by atoms with Gasteiger partial charge in [0.05, 0.1) is 16.9 Å². The van der Waals surface area contributed by atoms with Gasteiger partial charge in [-0.2, -0.15) is 4.98 Å². The summed E-state index contributed by atoms with van der Waals surface area (Å²) in [6, 6.07) is 0. The molecule has 0 amide bonds. The summed E-state index contributed by atoms with van der Waals surface area (Å²) in [7, 11) is 0. The number of nitrogens with zero attached hydrogens (tertiary/aromatic N) is 5. The van der Waals surface area contributed by atoms with Crippen molar-refractivity contribution < 1.29 is 4.52 Å². The van der Waals surface area contributed by atoms with E-state index in [4.69, 9.17) is 4.52 Å². The van der Waals surface area contributed by atoms with Gasteiger partial charge in [-0.1, -0.05) is 24.2 Å². The van der Waals surface area contributed by atoms with Crippen LogP contribution in [0.15, 0.2) is 4.52 Å². The fourth-order valence-corrected chi connectivity index (χ4v) is 3.02. The molecular weight excluding hydrogens is 278 g/mol. The first kappa shape index (κ1) is 15.2. The lowest BCUT2D eigenvalue weighted by Crippen LogP contribution is -2.27. The van der Waals surface area contributed by atoms with Gasteiger partial charge in [0.2, 0.25) is 5.89 Å². The zero-order chi connectivity index (χ0) is 15.9. The van der Waals surface area contributed by atoms with Gasteiger partial charge in [0, 0.05) is 18.8 Å². The number of hydrogen-bond acceptors (Lipinski definition) is 5. The van der Waals surface area contributed by atoms with Gasteiger partial charge < -0.3 is 4.52 Å². The van der Waals surface area contributed by atoms with E-state index >= 15 is 0 Å². The molecule has 0 saturated carbocycles. The lowest BCUT2D eigenvalue weighted by Gasteiger charge is -2.24. The van der Waals surface area contributed by atoms with Crippen LogP contribution in [0.25, 0.3) is 0 Å². The van der Waals surface area contributed by atoms with Gasteiger partial charge in [0.15, 0.2) is 5.82 Å². The van der Waals surface area contributed by atoms with Crippen molar-refractivity contribution in [3.8, 4) is 0 Å². The molecule has 2 aromatic rings. The Labute approximate surface area is 131 Å². The van der Waals surface area contributed by atoms with E-state index in [-0.39, 0.29) is 11.5 Å². The molecule has 6 nitrogen and oxygen atoms in total. The SMILES string of the molecule is CC(C)Cc1noc(C2CCc3c(nnn3C(C)(C)C)C2)n1. The lowest BCUT2D eigenvalue weighted by molar-refractivity contribution is 0.318. The molecule has 0 aromatic carbocycles. The van der Waals surface area contributed by atoms with Crippen LogP contribution in [0, 0.1) is 5.92 Å². The molecule has 0 bridgehead atoms. The Morgan fingerprint density at radius 1 is 1.32 bits per heavy atom. The van der Waals surface area contributed by atoms with Crippen molar-refractivity contribution in [1.82, 2.24) is 25.1 Å². The molecule has 6 heteroatoms. The molecule has 1 aliphatic rings. The van der Waals surface area contributed by atoms with Gasteiger partial charge in [-0.15, -0.1) is 5.10 Å². The summed E-state index contributed by atoms with van der Waals surface area (Å²) in [4.78, 5) is 4.57. The fraction of sp³-hybridized carbons (Fsp3) is 0.750. The second-order valence-corrected chi connectivity index (χ2v) is 7.65. The highest BCUT2D eigenvalue weighted by Crippen LogP contribution is 2.32. The Bertz CT molecular complexity index is 650. The Morgan fingerprint density at radius 3 is 2.77 bits per heavy atom. The van der Waals surface area contributed by atoms with Crippen LogP contribution in [0.5, 0.6) is 0 Å². The monoisotopic (exact) mass is 303 g/mol. The van der Waals surface area contributed by atoms with Crippen LogP contribution >= 0.6 is 0 Å². The molecular formula is C16H25N5O. The van der Waals surface area contributed by atoms with Crippen LogP contribution in [0.4, 0.5) is 0 Å². The Balaban J connectivity index is 1.77. The average Bonchev–Trinajstić information content (AvgIpc) is 3.02. The third-order valence-corrected chi connectivity index (χ3v) is 4.07. The van der Waals surface area contributed by atoms with E-state index in [1.165, 1.54) is 5.69 Å². The quantitative estimate of drug-likeness (QED) is 0.872. The number of aromatic nitrogens is 5. The minimum Gasteiger partial charge on any atom is -0.339 e. The fourth-order valence-electron chi connectivity index (χ4n) is 3.02. The minimum absolute atomic E-state index is 0.0255. The highest BCUT2D eigenvalue weighted by Gasteiger charge is 2.31. The smallest absolute Gasteiger partial charge is 0.230 e. The normalized spacial score (nSPS) is 18.7. The van der Waals surface area contributed by atoms with E-state index in [0.29, 0.717) is 5.92 Å². The van der Waals surface area contributed by atoms with Crippen molar-refractivity contribution in [3.05, 3.63) is 23.1 Å². The van der Waals surface area contributed by atoms with Crippen LogP contribution in [0.1, 0.15) is 70.1 Å². The molecule has 120 valence electrons. The molecule has 1 unspecified atom stereocenters. The number of hydrogen-bond donors (Lipinski definition) is 0. The Hall–Kier alpha value is -1.72. The molecule has 1 aliphatic carbocycles. The molecule has 0 aliphatic heterocycles. The summed E-state index contributed by atoms with van der Waals surface area (Å²) < 4.78 is 7.53. The molecule has 0 spiro atoms. The van der Waals surface area contributed by atoms with Gasteiger partial charge in [-0.3, -0.25) is 0 Å². The van der Waals surface area contributed by atoms with Crippen LogP contribution in [0.3, 0.4) is 0 Å². The van der Waals surface area contributed by atoms with E-state index in [2.05, 4.69) is 59.8 Å². The summed E-state index contributed by atoms with van der Waals surface area (Å²) >= 11 is 0. The maximum atomic E-state index is 5.48. The van der Waals surface area contributed by atoms with Crippen LogP contribution in [-0.4, -0.2) is 25.1 Å². The zero-order valence-electron chi connectivity index (χ0n) is 14.1. The molecule has 0 saturated heterocycles. The maximum absolute atomic E-state index is 5.48. The van der Waals surface area contributed by atoms with Crippen molar-refractivity contribution in [2.75, 3.05) is 0 Å². The van der Waals surface area contributed by atoms with Gasteiger partial charge in [0.25, 0.3) is 0 Å². The van der Waals surface area contributed by atoms with Crippen LogP contribution in [-0.2, 0) is 24.8 Å². The molecule has 0 radical (unpaired) electrons. The molecule has 0 N–H and O–H groups in total. The summed E-state index contributed by atoms with van der Waals surface area (Å²) in [5, 5.41) is 12.8. The van der Waals surface area contributed by atoms with Gasteiger partial charge >= 0.3 is 0 Å². The summed E-state index contributed by atoms with van der Waals surface area (Å²) in [5.74, 6) is 2.38. The third kappa shape index (κ3) is 2.91. The second-order valence-electron chi connectivity index (χ2n) is 7.65. The maximum Gasteiger partial charge on any atom is 0.230 e. The minimum atomic E-state index is -0.0255. The standard InChI is InChI=1S/C16H25N5O/c1-10(2)8-14-17-15(22-19-14)11-6-7-13-12(9-11)18-20-21(13)16(3,4)5/h10-11H,6-9H2,1-5H3. The highest BCUT2D eigenvalue weighted by molar-refractivity contribution is 5.19. The molecule has 3 rings (SSSR count). The van der Waals surface area contributed by atoms with E-state index in [1.54, 1.807) is 0 Å². The van der Waals surface area contributed by atoms with Crippen molar-refractivity contribution in [2.24, 2.45) is 5.92 Å². The van der Waals surface area contributed by atoms with Gasteiger partial charge in [-0.25, -0.2) is 4.68 Å². The molecule has 2 heterocycles. The van der Waals surface area contributed by atoms with E-state index in [0.717, 1.165) is 43.1 Å². The molecule has 22 heavy (non-hydrogen) atoms. The molecule has 2 aromatic heterocycles. The average molecular weight is 303 g/mol. The third-order valence-electron chi connectivity index (χ3n) is 4.07. The number of rotatable bonds is 3. The summed E-state index contributed by atoms with van der Waals surface area (Å²) in [6.07, 6.45) is 3.68. The second kappa shape index (κ2) is 5.48. The lowest BCUT2D eigenvalue weighted by atomic mass is 9.89. The van der Waals surface area contributed by atoms with E-state index in [9.17, 15) is 0 Å². The van der Waals surface area contributed by atoms with Crippen molar-refractivity contribution >= 4 is 0 Å². The highest BCUT2D eigenvalue weighted by atomic mass is 16.5. The summed E-state index contributed by atoms with van der Waals surface area (Å²) in [5.41, 5.74) is 2.31. The predicted octanol–water partition coefficient (Wildman–Crippen LogP) is 2.89. The first-order valence-corrected chi connectivity index (χ1v) is 8.11. The largest absolute Gasteiger partial charge is 0.339 e. The first-order chi connectivity index (χ1) is 10.3.